The molecule has 0 nitrogen and oxygen atoms in total. The molecule has 0 aromatic rings. The monoisotopic (exact) mass is 131 g/mol. The van der Waals surface area contributed by atoms with E-state index < -0.39 is 0 Å². The molecule has 1 unspecified atom stereocenters. The maximum atomic E-state index is 4.33. The Morgan fingerprint density at radius 1 is 1.50 bits per heavy atom. The summed E-state index contributed by atoms with van der Waals surface area (Å²) in [5.41, 5.74) is 0. The van der Waals surface area contributed by atoms with Gasteiger partial charge >= 0.3 is 0 Å². The first-order valence-electron chi connectivity index (χ1n) is 3.32. The molecule has 0 heterocycles. The zero-order valence-corrected chi connectivity index (χ0v) is 6.62. The second kappa shape index (κ2) is 5.49. The van der Waals surface area contributed by atoms with E-state index in [9.17, 15) is 0 Å². The standard InChI is InChI=1S/C7H15S/c1-3-5-7(8)6-4-2/h5,7-8H,3-4,6H2,1-2H3. The average Bonchev–Trinajstić information content (AvgIpc) is 1.68. The smallest absolute Gasteiger partial charge is 0.00479 e. The van der Waals surface area contributed by atoms with Crippen molar-refractivity contribution in [2.75, 3.05) is 0 Å². The van der Waals surface area contributed by atoms with E-state index in [1.165, 1.54) is 12.8 Å². The second-order valence-corrected chi connectivity index (χ2v) is 2.66. The Hall–Kier alpha value is 0.350. The summed E-state index contributed by atoms with van der Waals surface area (Å²) in [6.07, 6.45) is 5.85. The fraction of sp³-hybridized carbons (Fsp3) is 0.857. The molecule has 0 spiro atoms. The van der Waals surface area contributed by atoms with E-state index in [1.807, 2.05) is 0 Å². The molecule has 8 heavy (non-hydrogen) atoms. The fourth-order valence-electron chi connectivity index (χ4n) is 0.686. The summed E-state index contributed by atoms with van der Waals surface area (Å²) < 4.78 is 0. The third-order valence-electron chi connectivity index (χ3n) is 1.09. The van der Waals surface area contributed by atoms with Crippen LogP contribution in [0.15, 0.2) is 0 Å². The predicted octanol–water partition coefficient (Wildman–Crippen LogP) is 2.70. The molecule has 0 saturated carbocycles. The van der Waals surface area contributed by atoms with Crippen LogP contribution in [-0.2, 0) is 0 Å². The molecule has 0 aliphatic heterocycles. The van der Waals surface area contributed by atoms with Gasteiger partial charge in [0.1, 0.15) is 0 Å². The quantitative estimate of drug-likeness (QED) is 0.557. The third-order valence-corrected chi connectivity index (χ3v) is 1.56. The first-order valence-corrected chi connectivity index (χ1v) is 3.84. The molecule has 0 aromatic heterocycles. The van der Waals surface area contributed by atoms with Crippen LogP contribution in [0.1, 0.15) is 33.1 Å². The molecule has 1 atom stereocenters. The number of hydrogen-bond donors (Lipinski definition) is 1. The third kappa shape index (κ3) is 4.51. The van der Waals surface area contributed by atoms with Gasteiger partial charge in [-0.3, -0.25) is 0 Å². The summed E-state index contributed by atoms with van der Waals surface area (Å²) in [4.78, 5) is 0. The van der Waals surface area contributed by atoms with E-state index in [-0.39, 0.29) is 0 Å². The van der Waals surface area contributed by atoms with Gasteiger partial charge in [0.15, 0.2) is 0 Å². The Morgan fingerprint density at radius 3 is 2.50 bits per heavy atom. The van der Waals surface area contributed by atoms with Crippen LogP contribution >= 0.6 is 12.6 Å². The van der Waals surface area contributed by atoms with Crippen molar-refractivity contribution in [3.63, 3.8) is 0 Å². The van der Waals surface area contributed by atoms with Crippen molar-refractivity contribution >= 4 is 12.6 Å². The van der Waals surface area contributed by atoms with E-state index in [0.717, 1.165) is 6.42 Å². The summed E-state index contributed by atoms with van der Waals surface area (Å²) in [5.74, 6) is 0. The summed E-state index contributed by atoms with van der Waals surface area (Å²) >= 11 is 4.33. The highest BCUT2D eigenvalue weighted by Crippen LogP contribution is 2.08. The van der Waals surface area contributed by atoms with Gasteiger partial charge < -0.3 is 0 Å². The first-order chi connectivity index (χ1) is 3.81. The van der Waals surface area contributed by atoms with Crippen molar-refractivity contribution in [2.45, 2.75) is 38.4 Å². The normalized spacial score (nSPS) is 10.5. The molecule has 0 aliphatic rings. The van der Waals surface area contributed by atoms with E-state index >= 15 is 0 Å². The molecule has 49 valence electrons. The maximum Gasteiger partial charge on any atom is 0.00479 e. The van der Waals surface area contributed by atoms with Gasteiger partial charge in [-0.1, -0.05) is 26.7 Å². The van der Waals surface area contributed by atoms with Crippen molar-refractivity contribution in [1.82, 2.24) is 0 Å². The molecule has 0 aromatic carbocycles. The molecule has 1 heteroatoms. The number of hydrogen-bond acceptors (Lipinski definition) is 1. The zero-order valence-electron chi connectivity index (χ0n) is 5.72. The van der Waals surface area contributed by atoms with Crippen molar-refractivity contribution in [1.29, 1.82) is 0 Å². The van der Waals surface area contributed by atoms with Crippen molar-refractivity contribution in [2.24, 2.45) is 0 Å². The minimum atomic E-state index is 0.532. The Balaban J connectivity index is 2.92. The predicted molar refractivity (Wildman–Crippen MR) is 42.3 cm³/mol. The minimum absolute atomic E-state index is 0.532. The van der Waals surface area contributed by atoms with E-state index in [2.05, 4.69) is 32.9 Å². The van der Waals surface area contributed by atoms with Crippen LogP contribution in [0.4, 0.5) is 0 Å². The van der Waals surface area contributed by atoms with E-state index in [4.69, 9.17) is 0 Å². The zero-order chi connectivity index (χ0) is 6.41. The van der Waals surface area contributed by atoms with Gasteiger partial charge in [0, 0.05) is 5.25 Å². The largest absolute Gasteiger partial charge is 0.176 e. The van der Waals surface area contributed by atoms with Gasteiger partial charge in [-0.05, 0) is 12.8 Å². The molecule has 0 rings (SSSR count). The van der Waals surface area contributed by atoms with Gasteiger partial charge in [0.2, 0.25) is 0 Å². The molecule has 0 bridgehead atoms. The molecular formula is C7H15S. The lowest BCUT2D eigenvalue weighted by atomic mass is 10.2. The second-order valence-electron chi connectivity index (χ2n) is 2.00. The van der Waals surface area contributed by atoms with E-state index in [0.29, 0.717) is 5.25 Å². The average molecular weight is 131 g/mol. The number of rotatable bonds is 4. The molecule has 0 amide bonds. The summed E-state index contributed by atoms with van der Waals surface area (Å²) in [7, 11) is 0. The highest BCUT2D eigenvalue weighted by Gasteiger charge is 1.97. The van der Waals surface area contributed by atoms with Gasteiger partial charge in [-0.2, -0.15) is 12.6 Å². The van der Waals surface area contributed by atoms with E-state index in [1.54, 1.807) is 0 Å². The van der Waals surface area contributed by atoms with Gasteiger partial charge in [0.25, 0.3) is 0 Å². The van der Waals surface area contributed by atoms with Gasteiger partial charge in [0.05, 0.1) is 0 Å². The van der Waals surface area contributed by atoms with Gasteiger partial charge in [-0.25, -0.2) is 0 Å². The Morgan fingerprint density at radius 2 is 2.12 bits per heavy atom. The van der Waals surface area contributed by atoms with Gasteiger partial charge in [-0.15, -0.1) is 0 Å². The van der Waals surface area contributed by atoms with Crippen LogP contribution in [0.3, 0.4) is 0 Å². The first kappa shape index (κ1) is 8.35. The lowest BCUT2D eigenvalue weighted by molar-refractivity contribution is 0.780. The van der Waals surface area contributed by atoms with Crippen LogP contribution in [0.5, 0.6) is 0 Å². The van der Waals surface area contributed by atoms with Crippen molar-refractivity contribution in [3.8, 4) is 0 Å². The highest BCUT2D eigenvalue weighted by molar-refractivity contribution is 7.81. The topological polar surface area (TPSA) is 0 Å². The number of thiol groups is 1. The van der Waals surface area contributed by atoms with Crippen LogP contribution in [0.2, 0.25) is 0 Å². The molecule has 1 radical (unpaired) electrons. The fourth-order valence-corrected chi connectivity index (χ4v) is 1.15. The van der Waals surface area contributed by atoms with Crippen LogP contribution in [0, 0.1) is 6.42 Å². The SMILES string of the molecule is CC[CH]C(S)CCC. The molecule has 0 fully saturated rings. The van der Waals surface area contributed by atoms with Crippen LogP contribution < -0.4 is 0 Å². The molecule has 0 aliphatic carbocycles. The summed E-state index contributed by atoms with van der Waals surface area (Å²) in [5, 5.41) is 0.532. The maximum absolute atomic E-state index is 4.33. The molecular weight excluding hydrogens is 116 g/mol. The highest BCUT2D eigenvalue weighted by atomic mass is 32.1. The van der Waals surface area contributed by atoms with Crippen LogP contribution in [0.25, 0.3) is 0 Å². The summed E-state index contributed by atoms with van der Waals surface area (Å²) in [6, 6.07) is 0. The molecule has 0 saturated heterocycles. The van der Waals surface area contributed by atoms with Crippen LogP contribution in [-0.4, -0.2) is 5.25 Å². The lowest BCUT2D eigenvalue weighted by Gasteiger charge is -2.04. The minimum Gasteiger partial charge on any atom is -0.176 e. The molecule has 0 N–H and O–H groups in total. The van der Waals surface area contributed by atoms with Crippen molar-refractivity contribution in [3.05, 3.63) is 6.42 Å². The Bertz CT molecular complexity index is 37.7. The lowest BCUT2D eigenvalue weighted by Crippen LogP contribution is -1.96. The Labute approximate surface area is 58.1 Å². The summed E-state index contributed by atoms with van der Waals surface area (Å²) in [6.45, 7) is 4.34. The Kier molecular flexibility index (Phi) is 5.73. The van der Waals surface area contributed by atoms with Crippen molar-refractivity contribution < 1.29 is 0 Å².